The van der Waals surface area contributed by atoms with Crippen molar-refractivity contribution in [1.82, 2.24) is 5.32 Å². The lowest BCUT2D eigenvalue weighted by molar-refractivity contribution is 0.261. The molecular formula is C13H26N2S. The van der Waals surface area contributed by atoms with Gasteiger partial charge in [0.2, 0.25) is 0 Å². The normalized spacial score (nSPS) is 23.6. The van der Waals surface area contributed by atoms with Crippen molar-refractivity contribution in [3.05, 3.63) is 0 Å². The molecule has 0 bridgehead atoms. The van der Waals surface area contributed by atoms with Crippen molar-refractivity contribution in [1.29, 1.82) is 0 Å². The molecule has 0 spiro atoms. The second-order valence-electron chi connectivity index (χ2n) is 6.37. The monoisotopic (exact) mass is 242 g/mol. The summed E-state index contributed by atoms with van der Waals surface area (Å²) in [5.41, 5.74) is 0.503. The lowest BCUT2D eigenvalue weighted by atomic mass is 9.81. The van der Waals surface area contributed by atoms with Crippen LogP contribution in [0.1, 0.15) is 48.0 Å². The largest absolute Gasteiger partial charge is 0.360 e. The van der Waals surface area contributed by atoms with E-state index in [1.54, 1.807) is 0 Å². The van der Waals surface area contributed by atoms with Gasteiger partial charge < -0.3 is 5.32 Å². The van der Waals surface area contributed by atoms with Gasteiger partial charge in [0, 0.05) is 17.8 Å². The van der Waals surface area contributed by atoms with Gasteiger partial charge in [0.05, 0.1) is 0 Å². The van der Waals surface area contributed by atoms with E-state index in [9.17, 15) is 0 Å². The molecule has 3 heteroatoms. The average Bonchev–Trinajstić information content (AvgIpc) is 2.13. The van der Waals surface area contributed by atoms with Crippen molar-refractivity contribution in [2.45, 2.75) is 53.5 Å². The molecule has 0 saturated carbocycles. The Morgan fingerprint density at radius 2 is 2.06 bits per heavy atom. The summed E-state index contributed by atoms with van der Waals surface area (Å²) >= 11 is 1.86. The highest BCUT2D eigenvalue weighted by molar-refractivity contribution is 8.13. The maximum Gasteiger partial charge on any atom is 0.156 e. The quantitative estimate of drug-likeness (QED) is 0.819. The standard InChI is InChI=1S/C13H26N2S/c1-10(2)12(3,4)9-14-11-15-13(5,6)7-8-16-11/h10H,7-9H2,1-6H3,(H,14,15). The Morgan fingerprint density at radius 3 is 2.56 bits per heavy atom. The number of rotatable bonds is 3. The minimum atomic E-state index is 0.214. The first-order valence-corrected chi connectivity index (χ1v) is 7.17. The fraction of sp³-hybridized carbons (Fsp3) is 0.923. The molecule has 0 aromatic carbocycles. The Bertz CT molecular complexity index is 267. The lowest BCUT2D eigenvalue weighted by Crippen LogP contribution is -2.46. The van der Waals surface area contributed by atoms with Crippen LogP contribution in [0.5, 0.6) is 0 Å². The van der Waals surface area contributed by atoms with E-state index < -0.39 is 0 Å². The summed E-state index contributed by atoms with van der Waals surface area (Å²) in [5, 5.41) is 4.65. The Labute approximate surface area is 105 Å². The summed E-state index contributed by atoms with van der Waals surface area (Å²) in [6.07, 6.45) is 1.21. The lowest BCUT2D eigenvalue weighted by Gasteiger charge is -2.33. The molecular weight excluding hydrogens is 216 g/mol. The third kappa shape index (κ3) is 4.00. The highest BCUT2D eigenvalue weighted by Crippen LogP contribution is 2.27. The van der Waals surface area contributed by atoms with Crippen LogP contribution in [0, 0.1) is 11.3 Å². The highest BCUT2D eigenvalue weighted by Gasteiger charge is 2.26. The Morgan fingerprint density at radius 1 is 1.44 bits per heavy atom. The molecule has 0 amide bonds. The zero-order valence-electron chi connectivity index (χ0n) is 11.6. The fourth-order valence-corrected chi connectivity index (χ4v) is 2.64. The van der Waals surface area contributed by atoms with Crippen molar-refractivity contribution in [3.8, 4) is 0 Å². The molecule has 1 fully saturated rings. The van der Waals surface area contributed by atoms with Crippen molar-refractivity contribution < 1.29 is 0 Å². The molecule has 0 unspecified atom stereocenters. The van der Waals surface area contributed by atoms with E-state index in [1.807, 2.05) is 11.8 Å². The third-order valence-corrected chi connectivity index (χ3v) is 4.52. The molecule has 0 aliphatic carbocycles. The zero-order valence-corrected chi connectivity index (χ0v) is 12.4. The predicted molar refractivity (Wildman–Crippen MR) is 75.2 cm³/mol. The molecule has 0 atom stereocenters. The van der Waals surface area contributed by atoms with E-state index in [0.29, 0.717) is 5.92 Å². The molecule has 2 nitrogen and oxygen atoms in total. The minimum Gasteiger partial charge on any atom is -0.360 e. The minimum absolute atomic E-state index is 0.214. The average molecular weight is 242 g/mol. The van der Waals surface area contributed by atoms with Crippen molar-refractivity contribution >= 4 is 16.9 Å². The maximum atomic E-state index is 4.74. The summed E-state index contributed by atoms with van der Waals surface area (Å²) in [6, 6.07) is 0. The smallest absolute Gasteiger partial charge is 0.156 e. The second-order valence-corrected chi connectivity index (χ2v) is 7.46. The third-order valence-electron chi connectivity index (χ3n) is 3.60. The van der Waals surface area contributed by atoms with Crippen molar-refractivity contribution in [3.63, 3.8) is 0 Å². The Hall–Kier alpha value is -0.180. The molecule has 94 valence electrons. The van der Waals surface area contributed by atoms with Crippen molar-refractivity contribution in [2.24, 2.45) is 16.3 Å². The topological polar surface area (TPSA) is 24.4 Å². The van der Waals surface area contributed by atoms with E-state index in [0.717, 1.165) is 11.7 Å². The van der Waals surface area contributed by atoms with Gasteiger partial charge in [-0.1, -0.05) is 39.5 Å². The van der Waals surface area contributed by atoms with E-state index in [1.165, 1.54) is 12.2 Å². The fourth-order valence-electron chi connectivity index (χ4n) is 1.33. The van der Waals surface area contributed by atoms with E-state index >= 15 is 0 Å². The molecule has 1 N–H and O–H groups in total. The van der Waals surface area contributed by atoms with Gasteiger partial charge >= 0.3 is 0 Å². The first-order valence-electron chi connectivity index (χ1n) is 6.18. The first kappa shape index (κ1) is 13.9. The number of aliphatic imine (C=N–C) groups is 1. The summed E-state index contributed by atoms with van der Waals surface area (Å²) < 4.78 is 0. The molecule has 16 heavy (non-hydrogen) atoms. The van der Waals surface area contributed by atoms with Crippen LogP contribution >= 0.6 is 11.8 Å². The number of thioether (sulfide) groups is 1. The van der Waals surface area contributed by atoms with Gasteiger partial charge in [-0.2, -0.15) is 0 Å². The molecule has 0 aromatic rings. The van der Waals surface area contributed by atoms with Crippen LogP contribution in [0.2, 0.25) is 0 Å². The molecule has 1 rings (SSSR count). The SMILES string of the molecule is CC(C)C(C)(C)CN=C1NC(C)(C)CCS1. The molecule has 1 saturated heterocycles. The van der Waals surface area contributed by atoms with Crippen LogP contribution in [0.15, 0.2) is 4.99 Å². The molecule has 0 aromatic heterocycles. The number of nitrogens with one attached hydrogen (secondary N) is 1. The van der Waals surface area contributed by atoms with E-state index in [4.69, 9.17) is 4.99 Å². The predicted octanol–water partition coefficient (Wildman–Crippen LogP) is 3.53. The molecule has 0 radical (unpaired) electrons. The summed E-state index contributed by atoms with van der Waals surface area (Å²) in [4.78, 5) is 4.74. The first-order chi connectivity index (χ1) is 7.23. The number of nitrogens with zero attached hydrogens (tertiary/aromatic N) is 1. The van der Waals surface area contributed by atoms with Crippen LogP contribution in [0.3, 0.4) is 0 Å². The van der Waals surface area contributed by atoms with Crippen LogP contribution < -0.4 is 5.32 Å². The Kier molecular flexibility index (Phi) is 4.33. The van der Waals surface area contributed by atoms with E-state index in [2.05, 4.69) is 46.9 Å². The van der Waals surface area contributed by atoms with Gasteiger partial charge in [-0.3, -0.25) is 4.99 Å². The summed E-state index contributed by atoms with van der Waals surface area (Å²) in [5.74, 6) is 1.85. The van der Waals surface area contributed by atoms with Gasteiger partial charge in [0.15, 0.2) is 5.17 Å². The maximum absolute atomic E-state index is 4.74. The van der Waals surface area contributed by atoms with Gasteiger partial charge in [0.25, 0.3) is 0 Å². The van der Waals surface area contributed by atoms with Crippen LogP contribution in [0.25, 0.3) is 0 Å². The van der Waals surface area contributed by atoms with Crippen LogP contribution in [-0.4, -0.2) is 23.0 Å². The van der Waals surface area contributed by atoms with Gasteiger partial charge in [-0.15, -0.1) is 0 Å². The molecule has 1 aliphatic rings. The number of hydrogen-bond acceptors (Lipinski definition) is 2. The summed E-state index contributed by atoms with van der Waals surface area (Å²) in [7, 11) is 0. The zero-order chi connectivity index (χ0) is 12.4. The molecule has 1 aliphatic heterocycles. The van der Waals surface area contributed by atoms with Gasteiger partial charge in [-0.05, 0) is 31.6 Å². The van der Waals surface area contributed by atoms with Crippen LogP contribution in [-0.2, 0) is 0 Å². The van der Waals surface area contributed by atoms with Gasteiger partial charge in [0.1, 0.15) is 0 Å². The van der Waals surface area contributed by atoms with E-state index in [-0.39, 0.29) is 11.0 Å². The van der Waals surface area contributed by atoms with Gasteiger partial charge in [-0.25, -0.2) is 0 Å². The second kappa shape index (κ2) is 4.99. The van der Waals surface area contributed by atoms with Crippen molar-refractivity contribution in [2.75, 3.05) is 12.3 Å². The number of amidine groups is 1. The highest BCUT2D eigenvalue weighted by atomic mass is 32.2. The Balaban J connectivity index is 2.58. The summed E-state index contributed by atoms with van der Waals surface area (Å²) in [6.45, 7) is 14.5. The molecule has 1 heterocycles. The number of hydrogen-bond donors (Lipinski definition) is 1. The van der Waals surface area contributed by atoms with Crippen LogP contribution in [0.4, 0.5) is 0 Å².